The minimum atomic E-state index is -3.24. The molecule has 0 aliphatic heterocycles. The Morgan fingerprint density at radius 2 is 1.75 bits per heavy atom. The quantitative estimate of drug-likeness (QED) is 0.735. The standard InChI is InChI=1S/C11H22ClNO2S/c1-11(2,3)16(14,15)13(9-8-12)10-6-4-5-7-10/h10H,4-9H2,1-3H3. The van der Waals surface area contributed by atoms with Gasteiger partial charge in [0, 0.05) is 18.5 Å². The van der Waals surface area contributed by atoms with Gasteiger partial charge < -0.3 is 0 Å². The molecule has 0 N–H and O–H groups in total. The Labute approximate surface area is 104 Å². The number of hydrogen-bond acceptors (Lipinski definition) is 2. The lowest BCUT2D eigenvalue weighted by Crippen LogP contribution is -2.48. The minimum Gasteiger partial charge on any atom is -0.212 e. The minimum absolute atomic E-state index is 0.169. The van der Waals surface area contributed by atoms with E-state index in [-0.39, 0.29) is 6.04 Å². The van der Waals surface area contributed by atoms with E-state index in [0.29, 0.717) is 12.4 Å². The third-order valence-electron chi connectivity index (χ3n) is 3.12. The Morgan fingerprint density at radius 1 is 1.25 bits per heavy atom. The predicted molar refractivity (Wildman–Crippen MR) is 68.4 cm³/mol. The van der Waals surface area contributed by atoms with Crippen molar-refractivity contribution in [3.63, 3.8) is 0 Å². The number of rotatable bonds is 4. The van der Waals surface area contributed by atoms with Gasteiger partial charge in [-0.3, -0.25) is 0 Å². The highest BCUT2D eigenvalue weighted by atomic mass is 35.5. The summed E-state index contributed by atoms with van der Waals surface area (Å²) < 4.78 is 25.7. The largest absolute Gasteiger partial charge is 0.219 e. The second-order valence-electron chi connectivity index (χ2n) is 5.36. The van der Waals surface area contributed by atoms with Crippen molar-refractivity contribution in [3.8, 4) is 0 Å². The van der Waals surface area contributed by atoms with Crippen molar-refractivity contribution < 1.29 is 8.42 Å². The molecule has 0 heterocycles. The van der Waals surface area contributed by atoms with Gasteiger partial charge in [0.1, 0.15) is 0 Å². The number of nitrogens with zero attached hydrogens (tertiary/aromatic N) is 1. The molecule has 0 bridgehead atoms. The summed E-state index contributed by atoms with van der Waals surface area (Å²) in [5, 5.41) is 0. The number of sulfonamides is 1. The third-order valence-corrected chi connectivity index (χ3v) is 5.93. The fraction of sp³-hybridized carbons (Fsp3) is 1.00. The molecule has 3 nitrogen and oxygen atoms in total. The average Bonchev–Trinajstić information content (AvgIpc) is 2.64. The molecule has 0 atom stereocenters. The number of alkyl halides is 1. The third kappa shape index (κ3) is 2.90. The summed E-state index contributed by atoms with van der Waals surface area (Å²) in [6.07, 6.45) is 4.21. The fourth-order valence-electron chi connectivity index (χ4n) is 2.13. The maximum absolute atomic E-state index is 12.4. The summed E-state index contributed by atoms with van der Waals surface area (Å²) in [6, 6.07) is 0.169. The van der Waals surface area contributed by atoms with Crippen molar-refractivity contribution >= 4 is 21.6 Å². The summed E-state index contributed by atoms with van der Waals surface area (Å²) in [5.74, 6) is 0.367. The van der Waals surface area contributed by atoms with Crippen molar-refractivity contribution in [2.24, 2.45) is 0 Å². The van der Waals surface area contributed by atoms with Gasteiger partial charge in [-0.2, -0.15) is 4.31 Å². The summed E-state index contributed by atoms with van der Waals surface area (Å²) in [7, 11) is -3.24. The molecule has 0 aromatic rings. The lowest BCUT2D eigenvalue weighted by atomic mass is 10.2. The van der Waals surface area contributed by atoms with Gasteiger partial charge in [0.2, 0.25) is 10.0 Å². The van der Waals surface area contributed by atoms with Gasteiger partial charge in [-0.25, -0.2) is 8.42 Å². The van der Waals surface area contributed by atoms with Gasteiger partial charge in [-0.05, 0) is 33.6 Å². The first kappa shape index (κ1) is 14.3. The van der Waals surface area contributed by atoms with E-state index in [1.54, 1.807) is 25.1 Å². The van der Waals surface area contributed by atoms with Crippen LogP contribution in [-0.2, 0) is 10.0 Å². The maximum Gasteiger partial charge on any atom is 0.219 e. The van der Waals surface area contributed by atoms with E-state index in [4.69, 9.17) is 11.6 Å². The molecule has 0 amide bonds. The highest BCUT2D eigenvalue weighted by Crippen LogP contribution is 2.30. The van der Waals surface area contributed by atoms with Crippen molar-refractivity contribution in [1.82, 2.24) is 4.31 Å². The maximum atomic E-state index is 12.4. The second-order valence-corrected chi connectivity index (χ2v) is 8.38. The molecule has 0 aromatic carbocycles. The van der Waals surface area contributed by atoms with Crippen LogP contribution in [0.4, 0.5) is 0 Å². The molecular weight excluding hydrogens is 246 g/mol. The molecule has 0 unspecified atom stereocenters. The van der Waals surface area contributed by atoms with Crippen LogP contribution < -0.4 is 0 Å². The lowest BCUT2D eigenvalue weighted by molar-refractivity contribution is 0.326. The smallest absolute Gasteiger partial charge is 0.212 e. The van der Waals surface area contributed by atoms with Gasteiger partial charge in [0.05, 0.1) is 4.75 Å². The molecule has 1 aliphatic carbocycles. The second kappa shape index (κ2) is 5.23. The summed E-state index contributed by atoms with van der Waals surface area (Å²) in [6.45, 7) is 5.68. The van der Waals surface area contributed by atoms with E-state index in [9.17, 15) is 8.42 Å². The van der Waals surface area contributed by atoms with E-state index >= 15 is 0 Å². The SMILES string of the molecule is CC(C)(C)S(=O)(=O)N(CCCl)C1CCCC1. The van der Waals surface area contributed by atoms with E-state index in [1.807, 2.05) is 0 Å². The first-order chi connectivity index (χ1) is 7.30. The van der Waals surface area contributed by atoms with Gasteiger partial charge in [-0.1, -0.05) is 12.8 Å². The zero-order chi connectivity index (χ0) is 12.4. The van der Waals surface area contributed by atoms with Crippen LogP contribution in [0.15, 0.2) is 0 Å². The van der Waals surface area contributed by atoms with Crippen molar-refractivity contribution in [1.29, 1.82) is 0 Å². The molecule has 5 heteroatoms. The molecule has 0 saturated heterocycles. The summed E-state index contributed by atoms with van der Waals surface area (Å²) in [4.78, 5) is 0. The van der Waals surface area contributed by atoms with E-state index in [2.05, 4.69) is 0 Å². The molecule has 0 spiro atoms. The first-order valence-electron chi connectivity index (χ1n) is 5.88. The highest BCUT2D eigenvalue weighted by Gasteiger charge is 2.39. The van der Waals surface area contributed by atoms with Crippen LogP contribution in [0.25, 0.3) is 0 Å². The molecule has 1 rings (SSSR count). The zero-order valence-electron chi connectivity index (χ0n) is 10.4. The van der Waals surface area contributed by atoms with Gasteiger partial charge >= 0.3 is 0 Å². The zero-order valence-corrected chi connectivity index (χ0v) is 11.9. The molecule has 0 aromatic heterocycles. The normalized spacial score (nSPS) is 19.6. The van der Waals surface area contributed by atoms with Crippen LogP contribution in [0, 0.1) is 0 Å². The van der Waals surface area contributed by atoms with Crippen LogP contribution in [0.2, 0.25) is 0 Å². The topological polar surface area (TPSA) is 37.4 Å². The Balaban J connectivity index is 2.92. The van der Waals surface area contributed by atoms with E-state index in [0.717, 1.165) is 25.7 Å². The van der Waals surface area contributed by atoms with Crippen LogP contribution in [0.5, 0.6) is 0 Å². The van der Waals surface area contributed by atoms with Gasteiger partial charge in [0.25, 0.3) is 0 Å². The van der Waals surface area contributed by atoms with Gasteiger partial charge in [0.15, 0.2) is 0 Å². The molecule has 16 heavy (non-hydrogen) atoms. The molecule has 0 radical (unpaired) electrons. The first-order valence-corrected chi connectivity index (χ1v) is 7.85. The molecule has 1 aliphatic rings. The Kier molecular flexibility index (Phi) is 4.66. The molecule has 1 fully saturated rings. The molecular formula is C11H22ClNO2S. The van der Waals surface area contributed by atoms with Crippen LogP contribution in [0.1, 0.15) is 46.5 Å². The van der Waals surface area contributed by atoms with Crippen LogP contribution >= 0.6 is 11.6 Å². The van der Waals surface area contributed by atoms with Crippen LogP contribution in [0.3, 0.4) is 0 Å². The van der Waals surface area contributed by atoms with Crippen molar-refractivity contribution in [2.75, 3.05) is 12.4 Å². The Morgan fingerprint density at radius 3 is 2.12 bits per heavy atom. The number of halogens is 1. The summed E-state index contributed by atoms with van der Waals surface area (Å²) >= 11 is 5.72. The Hall–Kier alpha value is 0.200. The van der Waals surface area contributed by atoms with E-state index in [1.165, 1.54) is 0 Å². The van der Waals surface area contributed by atoms with Crippen molar-refractivity contribution in [3.05, 3.63) is 0 Å². The fourth-order valence-corrected chi connectivity index (χ4v) is 4.05. The monoisotopic (exact) mass is 267 g/mol. The predicted octanol–water partition coefficient (Wildman–Crippen LogP) is 2.60. The highest BCUT2D eigenvalue weighted by molar-refractivity contribution is 7.90. The van der Waals surface area contributed by atoms with Crippen LogP contribution in [-0.4, -0.2) is 35.9 Å². The van der Waals surface area contributed by atoms with E-state index < -0.39 is 14.8 Å². The molecule has 1 saturated carbocycles. The van der Waals surface area contributed by atoms with Gasteiger partial charge in [-0.15, -0.1) is 11.6 Å². The Bertz CT molecular complexity index is 315. The molecule has 96 valence electrons. The number of hydrogen-bond donors (Lipinski definition) is 0. The van der Waals surface area contributed by atoms with Crippen molar-refractivity contribution in [2.45, 2.75) is 57.2 Å². The summed E-state index contributed by atoms with van der Waals surface area (Å²) in [5.41, 5.74) is 0. The lowest BCUT2D eigenvalue weighted by Gasteiger charge is -2.33. The average molecular weight is 268 g/mol.